The summed E-state index contributed by atoms with van der Waals surface area (Å²) in [5, 5.41) is 0.646. The van der Waals surface area contributed by atoms with Gasteiger partial charge >= 0.3 is 0 Å². The van der Waals surface area contributed by atoms with E-state index in [0.717, 1.165) is 55.3 Å². The Morgan fingerprint density at radius 2 is 2.09 bits per heavy atom. The van der Waals surface area contributed by atoms with Crippen LogP contribution in [-0.2, 0) is 4.79 Å². The highest BCUT2D eigenvalue weighted by Gasteiger charge is 2.31. The van der Waals surface area contributed by atoms with E-state index in [9.17, 15) is 9.59 Å². The van der Waals surface area contributed by atoms with Gasteiger partial charge in [0.05, 0.1) is 0 Å². The van der Waals surface area contributed by atoms with E-state index < -0.39 is 0 Å². The van der Waals surface area contributed by atoms with E-state index in [1.54, 1.807) is 12.1 Å². The number of piperidine rings is 1. The lowest BCUT2D eigenvalue weighted by molar-refractivity contribution is -0.128. The number of hydrogen-bond donors (Lipinski definition) is 0. The summed E-state index contributed by atoms with van der Waals surface area (Å²) in [7, 11) is 0. The Morgan fingerprint density at radius 1 is 1.26 bits per heavy atom. The number of hydrogen-bond acceptors (Lipinski definition) is 2. The molecule has 2 aliphatic rings. The molecule has 0 N–H and O–H groups in total. The van der Waals surface area contributed by atoms with Gasteiger partial charge in [0.15, 0.2) is 5.78 Å². The van der Waals surface area contributed by atoms with Crippen molar-refractivity contribution in [2.75, 3.05) is 13.1 Å². The van der Waals surface area contributed by atoms with Crippen LogP contribution in [0, 0.1) is 12.8 Å². The van der Waals surface area contributed by atoms with Crippen molar-refractivity contribution in [1.82, 2.24) is 4.90 Å². The Morgan fingerprint density at radius 3 is 2.78 bits per heavy atom. The van der Waals surface area contributed by atoms with E-state index in [1.807, 2.05) is 17.9 Å². The third-order valence-electron chi connectivity index (χ3n) is 4.85. The molecule has 3 nitrogen and oxygen atoms in total. The molecular weight excluding hydrogens is 310 g/mol. The molecule has 1 aliphatic heterocycles. The van der Waals surface area contributed by atoms with Gasteiger partial charge in [0.25, 0.3) is 0 Å². The Bertz CT molecular complexity index is 665. The normalized spacial score (nSPS) is 21.2. The van der Waals surface area contributed by atoms with E-state index in [1.165, 1.54) is 0 Å². The fraction of sp³-hybridized carbons (Fsp3) is 0.474. The van der Waals surface area contributed by atoms with Gasteiger partial charge in [0.2, 0.25) is 5.91 Å². The van der Waals surface area contributed by atoms with Crippen LogP contribution < -0.4 is 0 Å². The number of halogens is 1. The molecule has 0 bridgehead atoms. The maximum absolute atomic E-state index is 12.8. The second kappa shape index (κ2) is 6.88. The number of ketones is 1. The second-order valence-corrected chi connectivity index (χ2v) is 6.97. The number of amides is 1. The van der Waals surface area contributed by atoms with Crippen molar-refractivity contribution >= 4 is 23.3 Å². The zero-order valence-electron chi connectivity index (χ0n) is 13.5. The summed E-state index contributed by atoms with van der Waals surface area (Å²) in [6, 6.07) is 5.39. The average molecular weight is 332 g/mol. The summed E-state index contributed by atoms with van der Waals surface area (Å²) in [5.41, 5.74) is 2.57. The molecule has 3 rings (SSSR count). The Hall–Kier alpha value is -1.61. The summed E-state index contributed by atoms with van der Waals surface area (Å²) >= 11 is 5.97. The highest BCUT2D eigenvalue weighted by molar-refractivity contribution is 6.30. The molecule has 1 aromatic rings. The quantitative estimate of drug-likeness (QED) is 0.779. The number of allylic oxidation sites excluding steroid dienone is 1. The van der Waals surface area contributed by atoms with Crippen LogP contribution in [0.5, 0.6) is 0 Å². The van der Waals surface area contributed by atoms with Gasteiger partial charge in [-0.15, -0.1) is 0 Å². The highest BCUT2D eigenvalue weighted by atomic mass is 35.5. The number of benzene rings is 1. The molecule has 0 saturated carbocycles. The minimum atomic E-state index is -0.102. The molecule has 0 unspecified atom stereocenters. The molecule has 4 heteroatoms. The predicted molar refractivity (Wildman–Crippen MR) is 91.8 cm³/mol. The molecule has 1 saturated heterocycles. The summed E-state index contributed by atoms with van der Waals surface area (Å²) in [6.07, 6.45) is 6.75. The van der Waals surface area contributed by atoms with Crippen molar-refractivity contribution in [3.05, 3.63) is 46.0 Å². The van der Waals surface area contributed by atoms with Crippen LogP contribution in [0.3, 0.4) is 0 Å². The molecule has 1 amide bonds. The van der Waals surface area contributed by atoms with Crippen molar-refractivity contribution in [2.24, 2.45) is 5.92 Å². The molecule has 1 atom stereocenters. The maximum atomic E-state index is 12.8. The molecular formula is C19H22ClNO2. The van der Waals surface area contributed by atoms with Crippen molar-refractivity contribution in [3.63, 3.8) is 0 Å². The third-order valence-corrected chi connectivity index (χ3v) is 5.08. The molecule has 1 aromatic carbocycles. The number of likely N-dealkylation sites (tertiary alicyclic amines) is 1. The first kappa shape index (κ1) is 16.3. The van der Waals surface area contributed by atoms with Crippen LogP contribution in [0.25, 0.3) is 0 Å². The van der Waals surface area contributed by atoms with Crippen LogP contribution >= 0.6 is 11.6 Å². The van der Waals surface area contributed by atoms with Crippen LogP contribution in [0.15, 0.2) is 29.8 Å². The van der Waals surface area contributed by atoms with Gasteiger partial charge in [0.1, 0.15) is 0 Å². The predicted octanol–water partition coefficient (Wildman–Crippen LogP) is 4.18. The van der Waals surface area contributed by atoms with Gasteiger partial charge in [-0.3, -0.25) is 9.59 Å². The largest absolute Gasteiger partial charge is 0.338 e. The van der Waals surface area contributed by atoms with Crippen LogP contribution in [0.4, 0.5) is 0 Å². The first-order valence-electron chi connectivity index (χ1n) is 8.35. The van der Waals surface area contributed by atoms with Crippen molar-refractivity contribution in [2.45, 2.75) is 39.0 Å². The van der Waals surface area contributed by atoms with Crippen LogP contribution in [-0.4, -0.2) is 29.7 Å². The fourth-order valence-electron chi connectivity index (χ4n) is 3.57. The summed E-state index contributed by atoms with van der Waals surface area (Å²) in [4.78, 5) is 27.2. The number of nitrogens with zero attached hydrogens (tertiary/aromatic N) is 1. The van der Waals surface area contributed by atoms with E-state index in [2.05, 4.69) is 6.08 Å². The smallest absolute Gasteiger partial charge is 0.249 e. The molecule has 0 radical (unpaired) electrons. The SMILES string of the molecule is Cc1cc(Cl)ccc1C(=O)[C@@H]1CCCN(C(=O)C2=CCCC2)C1. The minimum absolute atomic E-state index is 0.102. The third kappa shape index (κ3) is 3.50. The lowest BCUT2D eigenvalue weighted by atomic mass is 9.88. The van der Waals surface area contributed by atoms with Gasteiger partial charge in [-0.1, -0.05) is 17.7 Å². The number of carbonyl (C=O) groups is 2. The number of rotatable bonds is 3. The average Bonchev–Trinajstić information content (AvgIpc) is 3.08. The molecule has 1 aliphatic carbocycles. The number of aryl methyl sites for hydroxylation is 1. The molecule has 0 aromatic heterocycles. The minimum Gasteiger partial charge on any atom is -0.338 e. The molecule has 1 heterocycles. The fourth-order valence-corrected chi connectivity index (χ4v) is 3.79. The molecule has 122 valence electrons. The standard InChI is InChI=1S/C19H22ClNO2/c1-13-11-16(20)8-9-17(13)18(22)15-7-4-10-21(12-15)19(23)14-5-2-3-6-14/h5,8-9,11,15H,2-4,6-7,10,12H2,1H3/t15-/m1/s1. The number of carbonyl (C=O) groups excluding carboxylic acids is 2. The van der Waals surface area contributed by atoms with Crippen LogP contribution in [0.2, 0.25) is 5.02 Å². The lowest BCUT2D eigenvalue weighted by Crippen LogP contribution is -2.42. The first-order chi connectivity index (χ1) is 11.1. The van der Waals surface area contributed by atoms with Gasteiger partial charge in [0, 0.05) is 35.2 Å². The summed E-state index contributed by atoms with van der Waals surface area (Å²) in [5.74, 6) is 0.166. The lowest BCUT2D eigenvalue weighted by Gasteiger charge is -2.32. The first-order valence-corrected chi connectivity index (χ1v) is 8.72. The van der Waals surface area contributed by atoms with Gasteiger partial charge < -0.3 is 4.90 Å². The van der Waals surface area contributed by atoms with E-state index in [4.69, 9.17) is 11.6 Å². The van der Waals surface area contributed by atoms with Crippen LogP contribution in [0.1, 0.15) is 48.0 Å². The van der Waals surface area contributed by atoms with Gasteiger partial charge in [-0.05, 0) is 62.8 Å². The highest BCUT2D eigenvalue weighted by Crippen LogP contribution is 2.27. The second-order valence-electron chi connectivity index (χ2n) is 6.54. The van der Waals surface area contributed by atoms with Gasteiger partial charge in [-0.2, -0.15) is 0 Å². The summed E-state index contributed by atoms with van der Waals surface area (Å²) in [6.45, 7) is 3.21. The van der Waals surface area contributed by atoms with Crippen molar-refractivity contribution < 1.29 is 9.59 Å². The zero-order valence-corrected chi connectivity index (χ0v) is 14.2. The monoisotopic (exact) mass is 331 g/mol. The van der Waals surface area contributed by atoms with E-state index in [-0.39, 0.29) is 17.6 Å². The Kier molecular flexibility index (Phi) is 4.86. The van der Waals surface area contributed by atoms with E-state index in [0.29, 0.717) is 11.6 Å². The van der Waals surface area contributed by atoms with Gasteiger partial charge in [-0.25, -0.2) is 0 Å². The molecule has 23 heavy (non-hydrogen) atoms. The molecule has 1 fully saturated rings. The zero-order chi connectivity index (χ0) is 16.4. The Labute approximate surface area is 142 Å². The topological polar surface area (TPSA) is 37.4 Å². The Balaban J connectivity index is 1.72. The van der Waals surface area contributed by atoms with Crippen molar-refractivity contribution in [3.8, 4) is 0 Å². The summed E-state index contributed by atoms with van der Waals surface area (Å²) < 4.78 is 0. The van der Waals surface area contributed by atoms with E-state index >= 15 is 0 Å². The molecule has 0 spiro atoms. The maximum Gasteiger partial charge on any atom is 0.249 e. The van der Waals surface area contributed by atoms with Crippen molar-refractivity contribution in [1.29, 1.82) is 0 Å². The number of Topliss-reactive ketones (excluding diaryl/α,β-unsaturated/α-hetero) is 1.